The predicted octanol–water partition coefficient (Wildman–Crippen LogP) is 4.36. The fourth-order valence-electron chi connectivity index (χ4n) is 2.74. The molecule has 2 aromatic carbocycles. The van der Waals surface area contributed by atoms with Gasteiger partial charge in [-0.25, -0.2) is 4.79 Å². The molecule has 0 saturated carbocycles. The van der Waals surface area contributed by atoms with Gasteiger partial charge in [0.25, 0.3) is 0 Å². The summed E-state index contributed by atoms with van der Waals surface area (Å²) in [6, 6.07) is 18.3. The number of anilines is 1. The Hall–Kier alpha value is -2.33. The van der Waals surface area contributed by atoms with Crippen LogP contribution in [0.4, 0.5) is 10.5 Å². The van der Waals surface area contributed by atoms with Gasteiger partial charge >= 0.3 is 6.09 Å². The quantitative estimate of drug-likeness (QED) is 0.737. The van der Waals surface area contributed by atoms with Gasteiger partial charge in [-0.2, -0.15) is 0 Å². The van der Waals surface area contributed by atoms with Crippen LogP contribution in [0, 0.1) is 0 Å². The molecule has 0 unspecified atom stereocenters. The molecule has 0 aliphatic rings. The number of ether oxygens (including phenoxy) is 1. The molecule has 2 rings (SSSR count). The van der Waals surface area contributed by atoms with E-state index in [0.29, 0.717) is 6.61 Å². The first-order valence-electron chi connectivity index (χ1n) is 9.00. The molecule has 25 heavy (non-hydrogen) atoms. The molecule has 4 heteroatoms. The molecule has 1 amide bonds. The van der Waals surface area contributed by atoms with E-state index >= 15 is 0 Å². The number of carbonyl (C=O) groups excluding carboxylic acids is 1. The normalized spacial score (nSPS) is 10.7. The van der Waals surface area contributed by atoms with E-state index in [1.165, 1.54) is 5.56 Å². The van der Waals surface area contributed by atoms with Gasteiger partial charge in [-0.3, -0.25) is 5.32 Å². The van der Waals surface area contributed by atoms with Crippen LogP contribution in [0.3, 0.4) is 0 Å². The van der Waals surface area contributed by atoms with Crippen molar-refractivity contribution in [2.45, 2.75) is 26.7 Å². The van der Waals surface area contributed by atoms with Gasteiger partial charge in [0.05, 0.1) is 0 Å². The van der Waals surface area contributed by atoms with Crippen LogP contribution in [0.1, 0.15) is 25.0 Å². The average molecular weight is 340 g/mol. The van der Waals surface area contributed by atoms with Crippen molar-refractivity contribution in [2.24, 2.45) is 0 Å². The average Bonchev–Trinajstić information content (AvgIpc) is 2.65. The van der Waals surface area contributed by atoms with Crippen molar-refractivity contribution in [3.8, 4) is 0 Å². The lowest BCUT2D eigenvalue weighted by Gasteiger charge is -2.18. The van der Waals surface area contributed by atoms with Crippen LogP contribution < -0.4 is 5.32 Å². The zero-order chi connectivity index (χ0) is 17.9. The second-order valence-corrected chi connectivity index (χ2v) is 5.93. The minimum absolute atomic E-state index is 0.390. The number of para-hydroxylation sites is 1. The summed E-state index contributed by atoms with van der Waals surface area (Å²) < 4.78 is 5.31. The van der Waals surface area contributed by atoms with Crippen LogP contribution in [-0.2, 0) is 17.6 Å². The number of hydrogen-bond donors (Lipinski definition) is 1. The summed E-state index contributed by atoms with van der Waals surface area (Å²) in [5.41, 5.74) is 3.23. The Balaban J connectivity index is 1.86. The topological polar surface area (TPSA) is 41.6 Å². The summed E-state index contributed by atoms with van der Waals surface area (Å²) in [7, 11) is 0. The van der Waals surface area contributed by atoms with Crippen LogP contribution >= 0.6 is 0 Å². The maximum atomic E-state index is 12.0. The Morgan fingerprint density at radius 3 is 2.36 bits per heavy atom. The molecule has 0 fully saturated rings. The number of likely N-dealkylation sites (N-methyl/N-ethyl adjacent to an activating group) is 1. The summed E-state index contributed by atoms with van der Waals surface area (Å²) in [5.74, 6) is 0. The van der Waals surface area contributed by atoms with Crippen molar-refractivity contribution in [1.82, 2.24) is 4.90 Å². The van der Waals surface area contributed by atoms with E-state index in [4.69, 9.17) is 4.74 Å². The third kappa shape index (κ3) is 6.59. The van der Waals surface area contributed by atoms with Crippen LogP contribution in [0.2, 0.25) is 0 Å². The number of nitrogens with zero attached hydrogens (tertiary/aromatic N) is 1. The van der Waals surface area contributed by atoms with Crippen LogP contribution in [0.15, 0.2) is 54.6 Å². The SMILES string of the molecule is CCN(CC)CCOC(=O)Nc1ccccc1CCc1ccccc1. The molecule has 0 aliphatic heterocycles. The fraction of sp³-hybridized carbons (Fsp3) is 0.381. The summed E-state index contributed by atoms with van der Waals surface area (Å²) in [6.45, 7) is 7.29. The number of hydrogen-bond acceptors (Lipinski definition) is 3. The summed E-state index contributed by atoms with van der Waals surface area (Å²) in [4.78, 5) is 14.3. The van der Waals surface area contributed by atoms with E-state index in [-0.39, 0.29) is 6.09 Å². The Bertz CT molecular complexity index is 639. The standard InChI is InChI=1S/C21H28N2O2/c1-3-23(4-2)16-17-25-21(24)22-20-13-9-8-12-19(20)15-14-18-10-6-5-7-11-18/h5-13H,3-4,14-17H2,1-2H3,(H,22,24). The zero-order valence-electron chi connectivity index (χ0n) is 15.2. The summed E-state index contributed by atoms with van der Waals surface area (Å²) >= 11 is 0. The maximum Gasteiger partial charge on any atom is 0.411 e. The molecule has 4 nitrogen and oxygen atoms in total. The molecule has 0 spiro atoms. The first-order valence-corrected chi connectivity index (χ1v) is 9.00. The predicted molar refractivity (Wildman–Crippen MR) is 103 cm³/mol. The van der Waals surface area contributed by atoms with Gasteiger partial charge < -0.3 is 9.64 Å². The molecule has 1 N–H and O–H groups in total. The van der Waals surface area contributed by atoms with E-state index in [9.17, 15) is 4.79 Å². The van der Waals surface area contributed by atoms with Gasteiger partial charge in [0.15, 0.2) is 0 Å². The highest BCUT2D eigenvalue weighted by Gasteiger charge is 2.08. The van der Waals surface area contributed by atoms with Crippen molar-refractivity contribution in [1.29, 1.82) is 0 Å². The number of amides is 1. The minimum Gasteiger partial charge on any atom is -0.448 e. The Morgan fingerprint density at radius 2 is 1.64 bits per heavy atom. The van der Waals surface area contributed by atoms with Crippen molar-refractivity contribution >= 4 is 11.8 Å². The molecular formula is C21H28N2O2. The third-order valence-corrected chi connectivity index (χ3v) is 4.32. The highest BCUT2D eigenvalue weighted by Crippen LogP contribution is 2.18. The van der Waals surface area contributed by atoms with E-state index in [2.05, 4.69) is 42.3 Å². The monoisotopic (exact) mass is 340 g/mol. The number of carbonyl (C=O) groups is 1. The van der Waals surface area contributed by atoms with Gasteiger partial charge in [-0.1, -0.05) is 62.4 Å². The molecule has 0 saturated heterocycles. The summed E-state index contributed by atoms with van der Waals surface area (Å²) in [5, 5.41) is 2.88. The van der Waals surface area contributed by atoms with Crippen molar-refractivity contribution in [3.05, 3.63) is 65.7 Å². The van der Waals surface area contributed by atoms with Gasteiger partial charge in [0.1, 0.15) is 6.61 Å². The van der Waals surface area contributed by atoms with Gasteiger partial charge in [0.2, 0.25) is 0 Å². The van der Waals surface area contributed by atoms with Crippen LogP contribution in [0.5, 0.6) is 0 Å². The second kappa shape index (κ2) is 10.5. The maximum absolute atomic E-state index is 12.0. The number of benzene rings is 2. The van der Waals surface area contributed by atoms with Gasteiger partial charge in [-0.05, 0) is 43.1 Å². The lowest BCUT2D eigenvalue weighted by atomic mass is 10.0. The molecule has 0 bridgehead atoms. The van der Waals surface area contributed by atoms with Crippen molar-refractivity contribution in [3.63, 3.8) is 0 Å². The largest absolute Gasteiger partial charge is 0.448 e. The number of rotatable bonds is 9. The van der Waals surface area contributed by atoms with E-state index in [1.807, 2.05) is 36.4 Å². The Labute approximate surface area is 150 Å². The first-order chi connectivity index (χ1) is 12.2. The molecule has 0 aliphatic carbocycles. The zero-order valence-corrected chi connectivity index (χ0v) is 15.2. The van der Waals surface area contributed by atoms with Gasteiger partial charge in [-0.15, -0.1) is 0 Å². The minimum atomic E-state index is -0.390. The molecule has 0 radical (unpaired) electrons. The third-order valence-electron chi connectivity index (χ3n) is 4.32. The van der Waals surface area contributed by atoms with Crippen molar-refractivity contribution in [2.75, 3.05) is 31.6 Å². The second-order valence-electron chi connectivity index (χ2n) is 5.93. The van der Waals surface area contributed by atoms with Crippen molar-refractivity contribution < 1.29 is 9.53 Å². The smallest absolute Gasteiger partial charge is 0.411 e. The first kappa shape index (κ1) is 19.0. The molecular weight excluding hydrogens is 312 g/mol. The lowest BCUT2D eigenvalue weighted by molar-refractivity contribution is 0.142. The molecule has 0 atom stereocenters. The Morgan fingerprint density at radius 1 is 0.960 bits per heavy atom. The molecule has 0 aromatic heterocycles. The highest BCUT2D eigenvalue weighted by molar-refractivity contribution is 5.85. The lowest BCUT2D eigenvalue weighted by Crippen LogP contribution is -2.28. The summed E-state index contributed by atoms with van der Waals surface area (Å²) in [6.07, 6.45) is 1.43. The van der Waals surface area contributed by atoms with Crippen LogP contribution in [0.25, 0.3) is 0 Å². The molecule has 2 aromatic rings. The Kier molecular flexibility index (Phi) is 7.99. The van der Waals surface area contributed by atoms with E-state index < -0.39 is 0 Å². The van der Waals surface area contributed by atoms with Gasteiger partial charge in [0, 0.05) is 12.2 Å². The van der Waals surface area contributed by atoms with E-state index in [1.54, 1.807) is 0 Å². The molecule has 134 valence electrons. The number of nitrogens with one attached hydrogen (secondary N) is 1. The van der Waals surface area contributed by atoms with Crippen LogP contribution in [-0.4, -0.2) is 37.2 Å². The number of aryl methyl sites for hydroxylation is 2. The van der Waals surface area contributed by atoms with E-state index in [0.717, 1.165) is 43.7 Å². The highest BCUT2D eigenvalue weighted by atomic mass is 16.5. The molecule has 0 heterocycles. The fourth-order valence-corrected chi connectivity index (χ4v) is 2.74.